The molecule has 0 aliphatic carbocycles. The maximum atomic E-state index is 2.68. The van der Waals surface area contributed by atoms with Crippen LogP contribution in [0, 0.1) is 0 Å². The van der Waals surface area contributed by atoms with E-state index in [1.165, 1.54) is 138 Å². The van der Waals surface area contributed by atoms with E-state index in [-0.39, 0.29) is 33.8 Å². The molecule has 109 heavy (non-hydrogen) atoms. The Labute approximate surface area is 644 Å². The predicted octanol–water partition coefficient (Wildman–Crippen LogP) is 26.8. The Balaban J connectivity index is 0.990. The molecule has 14 aromatic carbocycles. The van der Waals surface area contributed by atoms with Crippen LogP contribution < -0.4 is 26.2 Å². The number of nitrogens with zero attached hydrogens (tertiary/aromatic N) is 4. The zero-order valence-corrected chi connectivity index (χ0v) is 65.7. The Kier molecular flexibility index (Phi) is 16.2. The van der Waals surface area contributed by atoms with Crippen molar-refractivity contribution in [3.05, 3.63) is 331 Å². The van der Waals surface area contributed by atoms with Gasteiger partial charge in [-0.05, 0) is 201 Å². The fourth-order valence-electron chi connectivity index (χ4n) is 17.5. The van der Waals surface area contributed by atoms with Crippen molar-refractivity contribution >= 4 is 101 Å². The standard InChI is InChI=1S/C104H95BN4/c1-100(2,3)72-52-48-66(49-53-72)69-62-95-99-96(63-69)109(88-43-27-23-37-80(88)71-58-75(103(10,11)12)65-76(59-71)104(13,14)15)92-55-51-68(82-41-31-47-94-98(82)84-39-25-29-45-90(84)107(94)78-34-20-17-21-35-78)61-86(92)105(99)85-60-67(81-40-30-46-93-97(81)83-38-24-28-44-89(83)106(93)77-32-18-16-19-33-77)50-54-91(85)108(95)87-42-26-22-36-79(87)70-56-73(101(4,5)6)64-74(57-70)102(7,8)9/h16-65H,1-15H3. The second kappa shape index (κ2) is 25.5. The molecule has 4 nitrogen and oxygen atoms in total. The lowest BCUT2D eigenvalue weighted by molar-refractivity contribution is 0.568. The van der Waals surface area contributed by atoms with E-state index in [1.807, 2.05) is 0 Å². The van der Waals surface area contributed by atoms with Gasteiger partial charge < -0.3 is 18.9 Å². The minimum atomic E-state index is -0.276. The summed E-state index contributed by atoms with van der Waals surface area (Å²) in [7, 11) is 0. The van der Waals surface area contributed by atoms with Gasteiger partial charge in [-0.1, -0.05) is 322 Å². The number of fused-ring (bicyclic) bond motifs is 10. The normalized spacial score (nSPS) is 13.2. The topological polar surface area (TPSA) is 16.3 Å². The highest BCUT2D eigenvalue weighted by Gasteiger charge is 2.45. The molecule has 2 aliphatic rings. The van der Waals surface area contributed by atoms with Crippen LogP contribution in [0.4, 0.5) is 34.1 Å². The minimum Gasteiger partial charge on any atom is -0.311 e. The van der Waals surface area contributed by atoms with Crippen LogP contribution in [0.1, 0.15) is 132 Å². The van der Waals surface area contributed by atoms with E-state index in [2.05, 4.69) is 426 Å². The van der Waals surface area contributed by atoms with Crippen LogP contribution in [0.3, 0.4) is 0 Å². The van der Waals surface area contributed by atoms with E-state index in [1.54, 1.807) is 0 Å². The minimum absolute atomic E-state index is 0.0387. The fraction of sp³-hybridized carbons (Fsp3) is 0.192. The van der Waals surface area contributed by atoms with Gasteiger partial charge >= 0.3 is 0 Å². The molecule has 16 aromatic rings. The number of benzene rings is 14. The third-order valence-corrected chi connectivity index (χ3v) is 23.4. The van der Waals surface area contributed by atoms with Gasteiger partial charge in [0.2, 0.25) is 0 Å². The fourth-order valence-corrected chi connectivity index (χ4v) is 17.5. The van der Waals surface area contributed by atoms with Crippen LogP contribution >= 0.6 is 0 Å². The van der Waals surface area contributed by atoms with Crippen molar-refractivity contribution in [2.24, 2.45) is 0 Å². The molecule has 5 heteroatoms. The molecule has 534 valence electrons. The molecule has 0 saturated carbocycles. The van der Waals surface area contributed by atoms with Crippen molar-refractivity contribution in [2.45, 2.75) is 131 Å². The van der Waals surface area contributed by atoms with Crippen LogP contribution in [0.15, 0.2) is 303 Å². The molecule has 0 saturated heterocycles. The third kappa shape index (κ3) is 11.7. The second-order valence-corrected chi connectivity index (χ2v) is 35.8. The summed E-state index contributed by atoms with van der Waals surface area (Å²) in [6.07, 6.45) is 0. The van der Waals surface area contributed by atoms with Crippen molar-refractivity contribution in [2.75, 3.05) is 9.80 Å². The van der Waals surface area contributed by atoms with Crippen molar-refractivity contribution in [1.82, 2.24) is 9.13 Å². The summed E-state index contributed by atoms with van der Waals surface area (Å²) in [5.41, 5.74) is 35.4. The number of aromatic nitrogens is 2. The van der Waals surface area contributed by atoms with Crippen LogP contribution in [0.2, 0.25) is 0 Å². The highest BCUT2D eigenvalue weighted by Crippen LogP contribution is 2.53. The molecule has 0 N–H and O–H groups in total. The molecule has 0 amide bonds. The summed E-state index contributed by atoms with van der Waals surface area (Å²) in [5.74, 6) is 0. The Morgan fingerprint density at radius 1 is 0.220 bits per heavy atom. The molecule has 0 bridgehead atoms. The van der Waals surface area contributed by atoms with Crippen LogP contribution in [-0.4, -0.2) is 15.8 Å². The highest BCUT2D eigenvalue weighted by molar-refractivity contribution is 7.00. The van der Waals surface area contributed by atoms with Crippen molar-refractivity contribution < 1.29 is 0 Å². The zero-order valence-electron chi connectivity index (χ0n) is 65.7. The lowest BCUT2D eigenvalue weighted by Crippen LogP contribution is -2.61. The monoisotopic (exact) mass is 1410 g/mol. The Bertz CT molecular complexity index is 5890. The molecule has 2 aromatic heterocycles. The van der Waals surface area contributed by atoms with Crippen LogP contribution in [0.25, 0.3) is 111 Å². The summed E-state index contributed by atoms with van der Waals surface area (Å²) >= 11 is 0. The number of hydrogen-bond acceptors (Lipinski definition) is 2. The van der Waals surface area contributed by atoms with Gasteiger partial charge in [0.25, 0.3) is 6.71 Å². The Morgan fingerprint density at radius 3 is 0.954 bits per heavy atom. The van der Waals surface area contributed by atoms with E-state index in [4.69, 9.17) is 0 Å². The number of para-hydroxylation sites is 6. The maximum absolute atomic E-state index is 2.68. The summed E-state index contributed by atoms with van der Waals surface area (Å²) in [5, 5.41) is 4.91. The van der Waals surface area contributed by atoms with Gasteiger partial charge in [-0.15, -0.1) is 0 Å². The number of rotatable bonds is 9. The van der Waals surface area contributed by atoms with Gasteiger partial charge in [0.1, 0.15) is 0 Å². The smallest absolute Gasteiger partial charge is 0.252 e. The quantitative estimate of drug-likeness (QED) is 0.134. The second-order valence-electron chi connectivity index (χ2n) is 35.8. The van der Waals surface area contributed by atoms with Crippen LogP contribution in [0.5, 0.6) is 0 Å². The summed E-state index contributed by atoms with van der Waals surface area (Å²) < 4.78 is 4.91. The summed E-state index contributed by atoms with van der Waals surface area (Å²) in [6.45, 7) is 35.0. The van der Waals surface area contributed by atoms with Gasteiger partial charge in [0.15, 0.2) is 0 Å². The molecule has 18 rings (SSSR count). The summed E-state index contributed by atoms with van der Waals surface area (Å²) in [4.78, 5) is 5.36. The number of anilines is 6. The van der Waals surface area contributed by atoms with Gasteiger partial charge in [0, 0.05) is 66.8 Å². The molecular weight excluding hydrogens is 1320 g/mol. The average molecular weight is 1410 g/mol. The van der Waals surface area contributed by atoms with E-state index >= 15 is 0 Å². The molecule has 0 unspecified atom stereocenters. The zero-order chi connectivity index (χ0) is 75.4. The Hall–Kier alpha value is -11.7. The number of hydrogen-bond donors (Lipinski definition) is 0. The SMILES string of the molecule is CC(C)(C)c1ccc(-c2cc3c4c(c2)N(c2ccccc2-c2cc(C(C)(C)C)cc(C(C)(C)C)c2)c2ccc(-c5cccc6c5c5ccccc5n6-c5ccccc5)cc2B4c2cc(-c4cccc5c4c4ccccc4n5-c4ccccc4)ccc2N3c2ccccc2-c2cc(C(C)(C)C)cc(C(C)(C)C)c2)cc1. The van der Waals surface area contributed by atoms with Gasteiger partial charge in [0.05, 0.1) is 33.4 Å². The third-order valence-electron chi connectivity index (χ3n) is 23.4. The largest absolute Gasteiger partial charge is 0.311 e. The molecular formula is C104H95BN4. The van der Waals surface area contributed by atoms with Crippen molar-refractivity contribution in [1.29, 1.82) is 0 Å². The van der Waals surface area contributed by atoms with Crippen molar-refractivity contribution in [3.63, 3.8) is 0 Å². The van der Waals surface area contributed by atoms with E-state index in [0.717, 1.165) is 51.1 Å². The Morgan fingerprint density at radius 2 is 0.560 bits per heavy atom. The van der Waals surface area contributed by atoms with E-state index < -0.39 is 0 Å². The molecule has 0 fully saturated rings. The molecule has 4 heterocycles. The molecule has 0 spiro atoms. The first kappa shape index (κ1) is 69.1. The summed E-state index contributed by atoms with van der Waals surface area (Å²) in [6, 6.07) is 117. The first-order valence-corrected chi connectivity index (χ1v) is 39.1. The van der Waals surface area contributed by atoms with Crippen molar-refractivity contribution in [3.8, 4) is 67.0 Å². The maximum Gasteiger partial charge on any atom is 0.252 e. The van der Waals surface area contributed by atoms with Gasteiger partial charge in [-0.25, -0.2) is 0 Å². The molecule has 0 radical (unpaired) electrons. The van der Waals surface area contributed by atoms with Gasteiger partial charge in [-0.3, -0.25) is 0 Å². The lowest BCUT2D eigenvalue weighted by atomic mass is 9.33. The van der Waals surface area contributed by atoms with Crippen LogP contribution in [-0.2, 0) is 27.1 Å². The first-order chi connectivity index (χ1) is 52.2. The van der Waals surface area contributed by atoms with E-state index in [9.17, 15) is 0 Å². The average Bonchev–Trinajstić information content (AvgIpc) is 1.19. The lowest BCUT2D eigenvalue weighted by Gasteiger charge is -2.45. The molecule has 0 atom stereocenters. The first-order valence-electron chi connectivity index (χ1n) is 39.1. The van der Waals surface area contributed by atoms with E-state index in [0.29, 0.717) is 0 Å². The predicted molar refractivity (Wildman–Crippen MR) is 470 cm³/mol. The van der Waals surface area contributed by atoms with Gasteiger partial charge in [-0.2, -0.15) is 0 Å². The molecule has 2 aliphatic heterocycles. The highest BCUT2D eigenvalue weighted by atomic mass is 15.2.